The lowest BCUT2D eigenvalue weighted by molar-refractivity contribution is 0.198. The predicted molar refractivity (Wildman–Crippen MR) is 70.4 cm³/mol. The number of nitrogens with zero attached hydrogens (tertiary/aromatic N) is 3. The van der Waals surface area contributed by atoms with Crippen molar-refractivity contribution in [2.75, 3.05) is 33.2 Å². The van der Waals surface area contributed by atoms with Crippen LogP contribution in [0.5, 0.6) is 0 Å². The number of likely N-dealkylation sites (N-methyl/N-ethyl adjacent to an activating group) is 2. The SMILES string of the molecule is CCN1CCCC1CN(C)CCCC(N)=NO. The molecule has 0 aromatic rings. The fraction of sp³-hybridized carbons (Fsp3) is 0.917. The molecule has 0 aromatic heterocycles. The first kappa shape index (κ1) is 14.3. The molecule has 1 atom stereocenters. The van der Waals surface area contributed by atoms with Crippen molar-refractivity contribution in [3.05, 3.63) is 0 Å². The maximum Gasteiger partial charge on any atom is 0.139 e. The normalized spacial score (nSPS) is 22.5. The number of hydrogen-bond acceptors (Lipinski definition) is 4. The van der Waals surface area contributed by atoms with Crippen LogP contribution in [0, 0.1) is 0 Å². The summed E-state index contributed by atoms with van der Waals surface area (Å²) >= 11 is 0. The second-order valence-electron chi connectivity index (χ2n) is 4.88. The van der Waals surface area contributed by atoms with Gasteiger partial charge in [-0.1, -0.05) is 12.1 Å². The zero-order chi connectivity index (χ0) is 12.7. The van der Waals surface area contributed by atoms with E-state index in [4.69, 9.17) is 10.9 Å². The Balaban J connectivity index is 2.18. The van der Waals surface area contributed by atoms with E-state index in [1.54, 1.807) is 0 Å². The number of likely N-dealkylation sites (tertiary alicyclic amines) is 1. The molecule has 1 saturated heterocycles. The van der Waals surface area contributed by atoms with Gasteiger partial charge in [0.15, 0.2) is 0 Å². The summed E-state index contributed by atoms with van der Waals surface area (Å²) in [6, 6.07) is 0.717. The first-order valence-corrected chi connectivity index (χ1v) is 6.56. The lowest BCUT2D eigenvalue weighted by atomic mass is 10.2. The van der Waals surface area contributed by atoms with Crippen molar-refractivity contribution in [2.24, 2.45) is 10.9 Å². The Bertz CT molecular complexity index is 245. The second kappa shape index (κ2) is 7.50. The topological polar surface area (TPSA) is 65.1 Å². The van der Waals surface area contributed by atoms with Gasteiger partial charge in [0.05, 0.1) is 0 Å². The fourth-order valence-electron chi connectivity index (χ4n) is 2.55. The van der Waals surface area contributed by atoms with E-state index in [1.165, 1.54) is 19.4 Å². The highest BCUT2D eigenvalue weighted by molar-refractivity contribution is 5.79. The van der Waals surface area contributed by atoms with Crippen LogP contribution in [0.3, 0.4) is 0 Å². The van der Waals surface area contributed by atoms with Gasteiger partial charge in [-0.05, 0) is 45.9 Å². The molecule has 1 fully saturated rings. The van der Waals surface area contributed by atoms with Crippen molar-refractivity contribution in [3.63, 3.8) is 0 Å². The molecule has 0 bridgehead atoms. The van der Waals surface area contributed by atoms with Crippen LogP contribution < -0.4 is 5.73 Å². The van der Waals surface area contributed by atoms with E-state index in [0.717, 1.165) is 26.1 Å². The highest BCUT2D eigenvalue weighted by atomic mass is 16.4. The van der Waals surface area contributed by atoms with Crippen LogP contribution in [-0.2, 0) is 0 Å². The minimum Gasteiger partial charge on any atom is -0.409 e. The van der Waals surface area contributed by atoms with Crippen molar-refractivity contribution in [1.29, 1.82) is 0 Å². The molecule has 0 aliphatic carbocycles. The van der Waals surface area contributed by atoms with Gasteiger partial charge in [0.25, 0.3) is 0 Å². The smallest absolute Gasteiger partial charge is 0.139 e. The maximum atomic E-state index is 8.44. The first-order chi connectivity index (χ1) is 8.17. The molecule has 1 unspecified atom stereocenters. The maximum absolute atomic E-state index is 8.44. The van der Waals surface area contributed by atoms with Crippen molar-refractivity contribution in [2.45, 2.75) is 38.6 Å². The lowest BCUT2D eigenvalue weighted by Crippen LogP contribution is -2.39. The second-order valence-corrected chi connectivity index (χ2v) is 4.88. The van der Waals surface area contributed by atoms with Gasteiger partial charge in [0, 0.05) is 19.0 Å². The van der Waals surface area contributed by atoms with E-state index in [0.29, 0.717) is 18.3 Å². The summed E-state index contributed by atoms with van der Waals surface area (Å²) in [7, 11) is 2.15. The number of oxime groups is 1. The number of rotatable bonds is 7. The monoisotopic (exact) mass is 242 g/mol. The van der Waals surface area contributed by atoms with E-state index in [2.05, 4.69) is 28.9 Å². The van der Waals surface area contributed by atoms with E-state index >= 15 is 0 Å². The summed E-state index contributed by atoms with van der Waals surface area (Å²) in [4.78, 5) is 4.91. The quantitative estimate of drug-likeness (QED) is 0.302. The van der Waals surface area contributed by atoms with Crippen LogP contribution in [0.25, 0.3) is 0 Å². The zero-order valence-electron chi connectivity index (χ0n) is 11.1. The largest absolute Gasteiger partial charge is 0.409 e. The summed E-state index contributed by atoms with van der Waals surface area (Å²) in [5.41, 5.74) is 5.44. The summed E-state index contributed by atoms with van der Waals surface area (Å²) < 4.78 is 0. The van der Waals surface area contributed by atoms with Gasteiger partial charge in [-0.25, -0.2) is 0 Å². The molecule has 0 radical (unpaired) electrons. The molecular weight excluding hydrogens is 216 g/mol. The van der Waals surface area contributed by atoms with Crippen LogP contribution in [0.2, 0.25) is 0 Å². The summed E-state index contributed by atoms with van der Waals surface area (Å²) in [6.45, 7) is 6.77. The molecule has 1 rings (SSSR count). The third kappa shape index (κ3) is 4.91. The minimum atomic E-state index is 0.328. The van der Waals surface area contributed by atoms with Crippen LogP contribution in [0.1, 0.15) is 32.6 Å². The van der Waals surface area contributed by atoms with Crippen LogP contribution in [0.15, 0.2) is 5.16 Å². The van der Waals surface area contributed by atoms with E-state index in [-0.39, 0.29) is 0 Å². The first-order valence-electron chi connectivity index (χ1n) is 6.56. The molecule has 1 aliphatic heterocycles. The molecule has 0 spiro atoms. The number of amidine groups is 1. The van der Waals surface area contributed by atoms with Crippen molar-refractivity contribution in [3.8, 4) is 0 Å². The molecule has 0 aromatic carbocycles. The van der Waals surface area contributed by atoms with Crippen molar-refractivity contribution in [1.82, 2.24) is 9.80 Å². The predicted octanol–water partition coefficient (Wildman–Crippen LogP) is 0.929. The van der Waals surface area contributed by atoms with Crippen LogP contribution in [0.4, 0.5) is 0 Å². The molecule has 5 heteroatoms. The molecule has 1 heterocycles. The number of hydrogen-bond donors (Lipinski definition) is 2. The average molecular weight is 242 g/mol. The third-order valence-electron chi connectivity index (χ3n) is 3.53. The summed E-state index contributed by atoms with van der Waals surface area (Å²) in [5, 5.41) is 11.4. The molecule has 0 amide bonds. The van der Waals surface area contributed by atoms with E-state index in [1.807, 2.05) is 0 Å². The Labute approximate surface area is 104 Å². The van der Waals surface area contributed by atoms with E-state index < -0.39 is 0 Å². The molecular formula is C12H26N4O. The average Bonchev–Trinajstić information content (AvgIpc) is 2.76. The zero-order valence-corrected chi connectivity index (χ0v) is 11.1. The van der Waals surface area contributed by atoms with Crippen LogP contribution in [-0.4, -0.2) is 60.1 Å². The Morgan fingerprint density at radius 3 is 3.00 bits per heavy atom. The molecule has 3 N–H and O–H groups in total. The van der Waals surface area contributed by atoms with Crippen LogP contribution >= 0.6 is 0 Å². The van der Waals surface area contributed by atoms with Gasteiger partial charge in [-0.15, -0.1) is 0 Å². The van der Waals surface area contributed by atoms with E-state index in [9.17, 15) is 0 Å². The van der Waals surface area contributed by atoms with Gasteiger partial charge in [0.2, 0.25) is 0 Å². The highest BCUT2D eigenvalue weighted by Gasteiger charge is 2.23. The fourth-order valence-corrected chi connectivity index (χ4v) is 2.55. The van der Waals surface area contributed by atoms with Crippen molar-refractivity contribution >= 4 is 5.84 Å². The van der Waals surface area contributed by atoms with Gasteiger partial charge in [-0.2, -0.15) is 0 Å². The summed E-state index contributed by atoms with van der Waals surface area (Å²) in [5.74, 6) is 0.328. The Kier molecular flexibility index (Phi) is 6.29. The molecule has 5 nitrogen and oxygen atoms in total. The molecule has 100 valence electrons. The summed E-state index contributed by atoms with van der Waals surface area (Å²) in [6.07, 6.45) is 4.27. The Morgan fingerprint density at radius 1 is 1.59 bits per heavy atom. The van der Waals surface area contributed by atoms with Crippen molar-refractivity contribution < 1.29 is 5.21 Å². The third-order valence-corrected chi connectivity index (χ3v) is 3.53. The minimum absolute atomic E-state index is 0.328. The van der Waals surface area contributed by atoms with Gasteiger partial charge in [-0.3, -0.25) is 4.90 Å². The Hall–Kier alpha value is -0.810. The molecule has 1 aliphatic rings. The van der Waals surface area contributed by atoms with Gasteiger partial charge >= 0.3 is 0 Å². The van der Waals surface area contributed by atoms with Gasteiger partial charge in [0.1, 0.15) is 5.84 Å². The standard InChI is InChI=1S/C12H26N4O/c1-3-16-9-4-6-11(16)10-15(2)8-5-7-12(13)14-17/h11,17H,3-10H2,1-2H3,(H2,13,14). The molecule has 17 heavy (non-hydrogen) atoms. The highest BCUT2D eigenvalue weighted by Crippen LogP contribution is 2.17. The van der Waals surface area contributed by atoms with Gasteiger partial charge < -0.3 is 15.8 Å². The lowest BCUT2D eigenvalue weighted by Gasteiger charge is -2.27. The molecule has 0 saturated carbocycles. The number of nitrogens with two attached hydrogens (primary N) is 1. The Morgan fingerprint density at radius 2 is 2.35 bits per heavy atom.